The van der Waals surface area contributed by atoms with Crippen molar-refractivity contribution >= 4 is 5.91 Å². The first-order valence-corrected chi connectivity index (χ1v) is 10.3. The molecule has 6 nitrogen and oxygen atoms in total. The van der Waals surface area contributed by atoms with Gasteiger partial charge < -0.3 is 10.2 Å². The molecule has 2 fully saturated rings. The molecule has 0 spiro atoms. The van der Waals surface area contributed by atoms with Crippen LogP contribution < -0.4 is 10.9 Å². The molecule has 1 N–H and O–H groups in total. The Kier molecular flexibility index (Phi) is 5.38. The number of aromatic nitrogens is 2. The monoisotopic (exact) mass is 358 g/mol. The fourth-order valence-corrected chi connectivity index (χ4v) is 4.97. The molecule has 0 radical (unpaired) electrons. The Morgan fingerprint density at radius 2 is 1.96 bits per heavy atom. The lowest BCUT2D eigenvalue weighted by Crippen LogP contribution is -2.51. The summed E-state index contributed by atoms with van der Waals surface area (Å²) in [5.41, 5.74) is 1.91. The van der Waals surface area contributed by atoms with Gasteiger partial charge in [0.15, 0.2) is 0 Å². The number of piperidine rings is 2. The molecule has 1 aromatic rings. The molecule has 26 heavy (non-hydrogen) atoms. The van der Waals surface area contributed by atoms with Gasteiger partial charge in [0.2, 0.25) is 5.91 Å². The van der Waals surface area contributed by atoms with Crippen molar-refractivity contribution in [3.8, 4) is 0 Å². The van der Waals surface area contributed by atoms with Crippen LogP contribution in [-0.2, 0) is 24.2 Å². The molecule has 0 aromatic carbocycles. The van der Waals surface area contributed by atoms with E-state index in [0.717, 1.165) is 43.5 Å². The number of hydrogen-bond acceptors (Lipinski definition) is 4. The van der Waals surface area contributed by atoms with E-state index < -0.39 is 0 Å². The van der Waals surface area contributed by atoms with Crippen LogP contribution in [0.1, 0.15) is 56.2 Å². The Morgan fingerprint density at radius 3 is 2.88 bits per heavy atom. The third kappa shape index (κ3) is 3.85. The molecule has 1 amide bonds. The number of nitrogens with one attached hydrogen (secondary N) is 1. The largest absolute Gasteiger partial charge is 0.354 e. The number of fused-ring (bicyclic) bond motifs is 2. The summed E-state index contributed by atoms with van der Waals surface area (Å²) in [7, 11) is 0. The summed E-state index contributed by atoms with van der Waals surface area (Å²) in [5.74, 6) is 0.449. The molecular weight excluding hydrogens is 328 g/mol. The lowest BCUT2D eigenvalue weighted by atomic mass is 9.83. The summed E-state index contributed by atoms with van der Waals surface area (Å²) in [6, 6.07) is 2.30. The van der Waals surface area contributed by atoms with E-state index in [2.05, 4.69) is 15.3 Å². The van der Waals surface area contributed by atoms with Crippen LogP contribution in [0.3, 0.4) is 0 Å². The number of hydrogen-bond donors (Lipinski definition) is 1. The molecule has 1 aromatic heterocycles. The van der Waals surface area contributed by atoms with Gasteiger partial charge in [-0.25, -0.2) is 4.68 Å². The van der Waals surface area contributed by atoms with E-state index in [0.29, 0.717) is 12.0 Å². The highest BCUT2D eigenvalue weighted by molar-refractivity contribution is 5.75. The van der Waals surface area contributed by atoms with Gasteiger partial charge in [0.05, 0.1) is 5.69 Å². The normalized spacial score (nSPS) is 26.0. The molecule has 4 rings (SSSR count). The first kappa shape index (κ1) is 17.7. The van der Waals surface area contributed by atoms with E-state index in [4.69, 9.17) is 0 Å². The second-order valence-corrected chi connectivity index (χ2v) is 8.12. The summed E-state index contributed by atoms with van der Waals surface area (Å²) in [5, 5.41) is 7.52. The Balaban J connectivity index is 1.35. The lowest BCUT2D eigenvalue weighted by molar-refractivity contribution is -0.122. The predicted octanol–water partition coefficient (Wildman–Crippen LogP) is 1.50. The van der Waals surface area contributed by atoms with Crippen LogP contribution in [0.2, 0.25) is 0 Å². The molecule has 6 heteroatoms. The molecular formula is C20H30N4O2. The minimum absolute atomic E-state index is 0.0349. The quantitative estimate of drug-likeness (QED) is 0.886. The zero-order chi connectivity index (χ0) is 17.9. The topological polar surface area (TPSA) is 67.2 Å². The Morgan fingerprint density at radius 1 is 1.12 bits per heavy atom. The Bertz CT molecular complexity index is 712. The van der Waals surface area contributed by atoms with Gasteiger partial charge in [0, 0.05) is 18.7 Å². The second kappa shape index (κ2) is 7.91. The van der Waals surface area contributed by atoms with Crippen molar-refractivity contribution in [1.29, 1.82) is 0 Å². The van der Waals surface area contributed by atoms with Gasteiger partial charge in [-0.1, -0.05) is 6.42 Å². The van der Waals surface area contributed by atoms with E-state index in [1.54, 1.807) is 6.07 Å². The molecule has 2 aliphatic heterocycles. The summed E-state index contributed by atoms with van der Waals surface area (Å²) >= 11 is 0. The average Bonchev–Trinajstić information content (AvgIpc) is 2.67. The van der Waals surface area contributed by atoms with Gasteiger partial charge in [-0.3, -0.25) is 9.59 Å². The molecule has 2 saturated heterocycles. The molecule has 1 aliphatic carbocycles. The standard InChI is InChI=1S/C20H30N4O2/c25-19(14-24-20(26)12-15-6-1-2-8-17(15)22-24)21-13-16-7-5-11-23-10-4-3-9-18(16)23/h12,16,18H,1-11,13-14H2,(H,21,25). The maximum absolute atomic E-state index is 12.4. The Labute approximate surface area is 155 Å². The van der Waals surface area contributed by atoms with Crippen molar-refractivity contribution in [2.24, 2.45) is 5.92 Å². The summed E-state index contributed by atoms with van der Waals surface area (Å²) in [6.07, 6.45) is 10.4. The lowest BCUT2D eigenvalue weighted by Gasteiger charge is -2.44. The zero-order valence-electron chi connectivity index (χ0n) is 15.6. The predicted molar refractivity (Wildman–Crippen MR) is 100 cm³/mol. The second-order valence-electron chi connectivity index (χ2n) is 8.12. The van der Waals surface area contributed by atoms with Gasteiger partial charge in [-0.15, -0.1) is 0 Å². The number of amides is 1. The third-order valence-electron chi connectivity index (χ3n) is 6.36. The molecule has 2 unspecified atom stereocenters. The van der Waals surface area contributed by atoms with E-state index in [-0.39, 0.29) is 18.0 Å². The molecule has 3 aliphatic rings. The third-order valence-corrected chi connectivity index (χ3v) is 6.36. The Hall–Kier alpha value is -1.69. The van der Waals surface area contributed by atoms with E-state index in [9.17, 15) is 9.59 Å². The van der Waals surface area contributed by atoms with Gasteiger partial charge in [0.1, 0.15) is 6.54 Å². The molecule has 2 atom stereocenters. The van der Waals surface area contributed by atoms with Crippen molar-refractivity contribution in [3.05, 3.63) is 27.7 Å². The van der Waals surface area contributed by atoms with Gasteiger partial charge in [-0.05, 0) is 75.9 Å². The summed E-state index contributed by atoms with van der Waals surface area (Å²) in [4.78, 5) is 27.3. The van der Waals surface area contributed by atoms with Gasteiger partial charge >= 0.3 is 0 Å². The average molecular weight is 358 g/mol. The van der Waals surface area contributed by atoms with Crippen LogP contribution in [0.15, 0.2) is 10.9 Å². The van der Waals surface area contributed by atoms with E-state index in [1.165, 1.54) is 49.9 Å². The first-order chi connectivity index (χ1) is 12.7. The van der Waals surface area contributed by atoms with Crippen molar-refractivity contribution < 1.29 is 4.79 Å². The molecule has 3 heterocycles. The van der Waals surface area contributed by atoms with E-state index in [1.807, 2.05) is 0 Å². The van der Waals surface area contributed by atoms with Crippen LogP contribution in [0.4, 0.5) is 0 Å². The number of carbonyl (C=O) groups is 1. The minimum Gasteiger partial charge on any atom is -0.354 e. The van der Waals surface area contributed by atoms with Crippen molar-refractivity contribution in [1.82, 2.24) is 20.0 Å². The molecule has 0 bridgehead atoms. The zero-order valence-corrected chi connectivity index (χ0v) is 15.6. The van der Waals surface area contributed by atoms with Crippen molar-refractivity contribution in [3.63, 3.8) is 0 Å². The smallest absolute Gasteiger partial charge is 0.267 e. The first-order valence-electron chi connectivity index (χ1n) is 10.3. The fraction of sp³-hybridized carbons (Fsp3) is 0.750. The minimum atomic E-state index is -0.156. The highest BCUT2D eigenvalue weighted by Crippen LogP contribution is 2.30. The van der Waals surface area contributed by atoms with Gasteiger partial charge in [0.25, 0.3) is 5.56 Å². The number of carbonyl (C=O) groups excluding carboxylic acids is 1. The number of rotatable bonds is 4. The van der Waals surface area contributed by atoms with Crippen LogP contribution in [0, 0.1) is 5.92 Å². The molecule has 142 valence electrons. The van der Waals surface area contributed by atoms with Crippen LogP contribution in [0.25, 0.3) is 0 Å². The highest BCUT2D eigenvalue weighted by atomic mass is 16.2. The highest BCUT2D eigenvalue weighted by Gasteiger charge is 2.32. The van der Waals surface area contributed by atoms with Crippen molar-refractivity contribution in [2.45, 2.75) is 70.4 Å². The van der Waals surface area contributed by atoms with E-state index >= 15 is 0 Å². The number of nitrogens with zero attached hydrogens (tertiary/aromatic N) is 3. The summed E-state index contributed by atoms with van der Waals surface area (Å²) < 4.78 is 1.34. The van der Waals surface area contributed by atoms with Crippen LogP contribution in [0.5, 0.6) is 0 Å². The molecule has 0 saturated carbocycles. The maximum atomic E-state index is 12.4. The fourth-order valence-electron chi connectivity index (χ4n) is 4.97. The van der Waals surface area contributed by atoms with Gasteiger partial charge in [-0.2, -0.15) is 5.10 Å². The maximum Gasteiger partial charge on any atom is 0.267 e. The van der Waals surface area contributed by atoms with Crippen LogP contribution >= 0.6 is 0 Å². The van der Waals surface area contributed by atoms with Crippen LogP contribution in [-0.4, -0.2) is 46.3 Å². The van der Waals surface area contributed by atoms with Crippen molar-refractivity contribution in [2.75, 3.05) is 19.6 Å². The number of aryl methyl sites for hydroxylation is 2. The summed E-state index contributed by atoms with van der Waals surface area (Å²) in [6.45, 7) is 3.18. The SMILES string of the molecule is O=C(Cn1nc2c(cc1=O)CCCC2)NCC1CCCN2CCCCC12.